The van der Waals surface area contributed by atoms with Crippen molar-refractivity contribution in [2.45, 2.75) is 6.10 Å². The molecule has 1 aliphatic rings. The molecule has 7 heteroatoms. The Kier molecular flexibility index (Phi) is 11.4. The van der Waals surface area contributed by atoms with Crippen LogP contribution in [0, 0.1) is 11.6 Å². The highest BCUT2D eigenvalue weighted by atomic mass is 35.5. The molecule has 0 saturated carbocycles. The van der Waals surface area contributed by atoms with Crippen LogP contribution < -0.4 is 0 Å². The van der Waals surface area contributed by atoms with Crippen LogP contribution >= 0.6 is 24.8 Å². The van der Waals surface area contributed by atoms with E-state index < -0.39 is 0 Å². The molecule has 0 unspecified atom stereocenters. The van der Waals surface area contributed by atoms with Crippen molar-refractivity contribution in [2.75, 3.05) is 45.9 Å². The summed E-state index contributed by atoms with van der Waals surface area (Å²) in [6, 6.07) is 12.6. The van der Waals surface area contributed by atoms with Gasteiger partial charge in [0.15, 0.2) is 0 Å². The Morgan fingerprint density at radius 3 is 1.72 bits per heavy atom. The minimum atomic E-state index is -0.340. The number of hydrogen-bond acceptors (Lipinski definition) is 3. The molecule has 0 atom stereocenters. The van der Waals surface area contributed by atoms with Gasteiger partial charge in [0.05, 0.1) is 6.61 Å². The molecule has 0 spiro atoms. The highest BCUT2D eigenvalue weighted by molar-refractivity contribution is 5.85. The molecule has 0 aliphatic carbocycles. The van der Waals surface area contributed by atoms with E-state index in [1.54, 1.807) is 24.3 Å². The van der Waals surface area contributed by atoms with E-state index in [4.69, 9.17) is 4.74 Å². The minimum Gasteiger partial charge on any atom is -0.367 e. The molecule has 2 aromatic rings. The zero-order chi connectivity index (χ0) is 19.1. The van der Waals surface area contributed by atoms with E-state index >= 15 is 0 Å². The van der Waals surface area contributed by atoms with Gasteiger partial charge in [-0.1, -0.05) is 30.3 Å². The SMILES string of the molecule is C=CCN1CCN(CCOC(c2ccc(F)cc2)c2ccc(F)cc2)CC1.Cl.Cl. The van der Waals surface area contributed by atoms with Crippen molar-refractivity contribution in [3.05, 3.63) is 83.9 Å². The lowest BCUT2D eigenvalue weighted by Gasteiger charge is -2.34. The van der Waals surface area contributed by atoms with Gasteiger partial charge in [-0.15, -0.1) is 31.4 Å². The molecule has 0 amide bonds. The van der Waals surface area contributed by atoms with Crippen molar-refractivity contribution in [3.8, 4) is 0 Å². The maximum atomic E-state index is 13.3. The van der Waals surface area contributed by atoms with Gasteiger partial charge in [0.25, 0.3) is 0 Å². The third-order valence-electron chi connectivity index (χ3n) is 4.89. The monoisotopic (exact) mass is 444 g/mol. The molecule has 3 nitrogen and oxygen atoms in total. The first-order valence-electron chi connectivity index (χ1n) is 9.34. The van der Waals surface area contributed by atoms with Gasteiger partial charge in [-0.3, -0.25) is 9.80 Å². The van der Waals surface area contributed by atoms with Crippen LogP contribution in [0.4, 0.5) is 8.78 Å². The first kappa shape index (κ1) is 25.5. The Morgan fingerprint density at radius 1 is 0.828 bits per heavy atom. The number of ether oxygens (including phenoxy) is 1. The number of piperazine rings is 1. The Bertz CT molecular complexity index is 675. The quantitative estimate of drug-likeness (QED) is 0.547. The van der Waals surface area contributed by atoms with Crippen LogP contribution in [0.5, 0.6) is 0 Å². The molecule has 29 heavy (non-hydrogen) atoms. The first-order valence-corrected chi connectivity index (χ1v) is 9.34. The van der Waals surface area contributed by atoms with Crippen LogP contribution in [0.15, 0.2) is 61.2 Å². The van der Waals surface area contributed by atoms with Gasteiger partial charge < -0.3 is 4.74 Å². The zero-order valence-corrected chi connectivity index (χ0v) is 17.9. The number of rotatable bonds is 8. The fourth-order valence-corrected chi connectivity index (χ4v) is 3.34. The summed E-state index contributed by atoms with van der Waals surface area (Å²) in [5, 5.41) is 0. The lowest BCUT2D eigenvalue weighted by atomic mass is 10.0. The molecule has 1 fully saturated rings. The molecule has 0 bridgehead atoms. The number of nitrogens with zero attached hydrogens (tertiary/aromatic N) is 2. The summed E-state index contributed by atoms with van der Waals surface area (Å²) in [6.45, 7) is 10.2. The van der Waals surface area contributed by atoms with E-state index in [0.29, 0.717) is 6.61 Å². The minimum absolute atomic E-state index is 0. The lowest BCUT2D eigenvalue weighted by molar-refractivity contribution is 0.0467. The molecular formula is C22H28Cl2F2N2O. The predicted molar refractivity (Wildman–Crippen MR) is 118 cm³/mol. The van der Waals surface area contributed by atoms with Crippen molar-refractivity contribution in [2.24, 2.45) is 0 Å². The largest absolute Gasteiger partial charge is 0.367 e. The summed E-state index contributed by atoms with van der Waals surface area (Å²) in [5.41, 5.74) is 1.72. The van der Waals surface area contributed by atoms with Gasteiger partial charge in [0, 0.05) is 39.3 Å². The van der Waals surface area contributed by atoms with Crippen LogP contribution in [-0.4, -0.2) is 55.7 Å². The van der Waals surface area contributed by atoms with Crippen LogP contribution in [0.2, 0.25) is 0 Å². The Balaban J connectivity index is 0.00000210. The van der Waals surface area contributed by atoms with Crippen LogP contribution in [0.1, 0.15) is 17.2 Å². The second-order valence-corrected chi connectivity index (χ2v) is 6.78. The van der Waals surface area contributed by atoms with Crippen LogP contribution in [-0.2, 0) is 4.74 Å². The summed E-state index contributed by atoms with van der Waals surface area (Å²) >= 11 is 0. The summed E-state index contributed by atoms with van der Waals surface area (Å²) in [4.78, 5) is 4.76. The smallest absolute Gasteiger partial charge is 0.123 e. The van der Waals surface area contributed by atoms with Gasteiger partial charge in [-0.25, -0.2) is 8.78 Å². The summed E-state index contributed by atoms with van der Waals surface area (Å²) < 4.78 is 32.7. The van der Waals surface area contributed by atoms with E-state index in [9.17, 15) is 8.78 Å². The summed E-state index contributed by atoms with van der Waals surface area (Å²) in [6.07, 6.45) is 1.60. The number of hydrogen-bond donors (Lipinski definition) is 0. The van der Waals surface area contributed by atoms with E-state index in [1.807, 2.05) is 6.08 Å². The van der Waals surface area contributed by atoms with E-state index in [2.05, 4.69) is 16.4 Å². The van der Waals surface area contributed by atoms with E-state index in [-0.39, 0.29) is 42.6 Å². The third-order valence-corrected chi connectivity index (χ3v) is 4.89. The van der Waals surface area contributed by atoms with E-state index in [1.165, 1.54) is 24.3 Å². The highest BCUT2D eigenvalue weighted by Gasteiger charge is 2.18. The summed E-state index contributed by atoms with van der Waals surface area (Å²) in [5.74, 6) is -0.567. The Hall–Kier alpha value is -1.50. The third kappa shape index (κ3) is 7.68. The molecule has 0 aromatic heterocycles. The Morgan fingerprint density at radius 2 is 1.28 bits per heavy atom. The standard InChI is InChI=1S/C22H26F2N2O.2ClH/c1-2-11-25-12-14-26(15-13-25)16-17-27-22(18-3-7-20(23)8-4-18)19-5-9-21(24)10-6-19;;/h2-10,22H,1,11-17H2;2*1H. The van der Waals surface area contributed by atoms with Crippen molar-refractivity contribution in [3.63, 3.8) is 0 Å². The van der Waals surface area contributed by atoms with Crippen molar-refractivity contribution in [1.82, 2.24) is 9.80 Å². The van der Waals surface area contributed by atoms with Gasteiger partial charge in [-0.05, 0) is 35.4 Å². The Labute approximate surface area is 184 Å². The molecule has 1 aliphatic heterocycles. The average molecular weight is 445 g/mol. The molecule has 0 radical (unpaired) electrons. The fraction of sp³-hybridized carbons (Fsp3) is 0.364. The number of halogens is 4. The van der Waals surface area contributed by atoms with Gasteiger partial charge in [-0.2, -0.15) is 0 Å². The van der Waals surface area contributed by atoms with Crippen LogP contribution in [0.3, 0.4) is 0 Å². The second-order valence-electron chi connectivity index (χ2n) is 6.78. The van der Waals surface area contributed by atoms with Gasteiger partial charge in [0.1, 0.15) is 17.7 Å². The van der Waals surface area contributed by atoms with Crippen molar-refractivity contribution in [1.29, 1.82) is 0 Å². The van der Waals surface area contributed by atoms with Gasteiger partial charge >= 0.3 is 0 Å². The highest BCUT2D eigenvalue weighted by Crippen LogP contribution is 2.26. The molecule has 1 saturated heterocycles. The molecular weight excluding hydrogens is 417 g/mol. The molecule has 2 aromatic carbocycles. The normalized spacial score (nSPS) is 14.9. The molecule has 0 N–H and O–H groups in total. The zero-order valence-electron chi connectivity index (χ0n) is 16.3. The molecule has 1 heterocycles. The molecule has 3 rings (SSSR count). The maximum absolute atomic E-state index is 13.3. The average Bonchev–Trinajstić information content (AvgIpc) is 2.69. The fourth-order valence-electron chi connectivity index (χ4n) is 3.34. The second kappa shape index (κ2) is 12.9. The molecule has 160 valence electrons. The first-order chi connectivity index (χ1) is 13.2. The lowest BCUT2D eigenvalue weighted by Crippen LogP contribution is -2.47. The van der Waals surface area contributed by atoms with Gasteiger partial charge in [0.2, 0.25) is 0 Å². The van der Waals surface area contributed by atoms with Crippen LogP contribution in [0.25, 0.3) is 0 Å². The van der Waals surface area contributed by atoms with Crippen molar-refractivity contribution >= 4 is 24.8 Å². The van der Waals surface area contributed by atoms with Crippen molar-refractivity contribution < 1.29 is 13.5 Å². The predicted octanol–water partition coefficient (Wildman–Crippen LogP) is 4.72. The maximum Gasteiger partial charge on any atom is 0.123 e. The topological polar surface area (TPSA) is 15.7 Å². The number of benzene rings is 2. The summed E-state index contributed by atoms with van der Waals surface area (Å²) in [7, 11) is 0. The van der Waals surface area contributed by atoms with E-state index in [0.717, 1.165) is 50.4 Å².